The molecule has 0 aromatic heterocycles. The van der Waals surface area contributed by atoms with Crippen molar-refractivity contribution in [1.82, 2.24) is 10.6 Å². The van der Waals surface area contributed by atoms with Gasteiger partial charge in [-0.3, -0.25) is 14.4 Å². The molecule has 0 aliphatic heterocycles. The zero-order valence-corrected chi connectivity index (χ0v) is 19.8. The van der Waals surface area contributed by atoms with E-state index in [1.165, 1.54) is 24.9 Å². The standard InChI is InChI=1S/C22H28N2O9S/c1-32-17-10-12(34-3)4-5-13(17)21(30)24-15-8-11(9-16(25)19(15)28)20(29)23-14(22(31)33-2)6-7-18(26)27/h4-5,8,10,14-16,19,25,28H,6-7,9H2,1-3H3,(H,23,29)(H,24,30)(H,26,27). The number of hydrogen-bond donors (Lipinski definition) is 5. The molecule has 1 aromatic carbocycles. The summed E-state index contributed by atoms with van der Waals surface area (Å²) in [4.78, 5) is 49.2. The minimum atomic E-state index is -1.39. The van der Waals surface area contributed by atoms with E-state index in [9.17, 15) is 29.4 Å². The Morgan fingerprint density at radius 1 is 1.18 bits per heavy atom. The average Bonchev–Trinajstić information content (AvgIpc) is 2.82. The molecule has 5 N–H and O–H groups in total. The Balaban J connectivity index is 2.21. The largest absolute Gasteiger partial charge is 0.496 e. The van der Waals surface area contributed by atoms with Gasteiger partial charge in [0.2, 0.25) is 5.91 Å². The van der Waals surface area contributed by atoms with E-state index in [4.69, 9.17) is 9.84 Å². The molecule has 12 heteroatoms. The summed E-state index contributed by atoms with van der Waals surface area (Å²) in [5.41, 5.74) is 0.211. The Bertz CT molecular complexity index is 966. The maximum Gasteiger partial charge on any atom is 0.328 e. The van der Waals surface area contributed by atoms with Gasteiger partial charge in [-0.15, -0.1) is 11.8 Å². The Morgan fingerprint density at radius 3 is 2.47 bits per heavy atom. The molecule has 2 rings (SSSR count). The van der Waals surface area contributed by atoms with Crippen molar-refractivity contribution in [3.05, 3.63) is 35.4 Å². The van der Waals surface area contributed by atoms with Crippen LogP contribution in [0.5, 0.6) is 5.75 Å². The number of hydrogen-bond acceptors (Lipinski definition) is 9. The van der Waals surface area contributed by atoms with Crippen molar-refractivity contribution < 1.29 is 44.0 Å². The van der Waals surface area contributed by atoms with Gasteiger partial charge < -0.3 is 35.4 Å². The summed E-state index contributed by atoms with van der Waals surface area (Å²) in [6, 6.07) is 2.65. The van der Waals surface area contributed by atoms with Crippen molar-refractivity contribution in [2.45, 2.75) is 48.4 Å². The maximum atomic E-state index is 12.8. The lowest BCUT2D eigenvalue weighted by molar-refractivity contribution is -0.145. The van der Waals surface area contributed by atoms with Crippen molar-refractivity contribution >= 4 is 35.5 Å². The number of rotatable bonds is 10. The van der Waals surface area contributed by atoms with Gasteiger partial charge in [0.15, 0.2) is 0 Å². The number of aliphatic hydroxyl groups is 2. The Kier molecular flexibility index (Phi) is 9.90. The normalized spacial score (nSPS) is 20.5. The van der Waals surface area contributed by atoms with E-state index >= 15 is 0 Å². The second kappa shape index (κ2) is 12.4. The molecule has 1 aromatic rings. The summed E-state index contributed by atoms with van der Waals surface area (Å²) in [6.45, 7) is 0. The first-order chi connectivity index (χ1) is 16.1. The lowest BCUT2D eigenvalue weighted by atomic mass is 9.89. The van der Waals surface area contributed by atoms with Crippen molar-refractivity contribution in [3.63, 3.8) is 0 Å². The predicted molar refractivity (Wildman–Crippen MR) is 122 cm³/mol. The fourth-order valence-electron chi connectivity index (χ4n) is 3.39. The number of carboxylic acid groups (broad SMARTS) is 1. The topological polar surface area (TPSA) is 171 Å². The fourth-order valence-corrected chi connectivity index (χ4v) is 3.82. The van der Waals surface area contributed by atoms with Gasteiger partial charge in [-0.25, -0.2) is 4.79 Å². The maximum absolute atomic E-state index is 12.8. The zero-order valence-electron chi connectivity index (χ0n) is 18.9. The molecule has 0 radical (unpaired) electrons. The third-order valence-electron chi connectivity index (χ3n) is 5.25. The van der Waals surface area contributed by atoms with Crippen LogP contribution in [0.2, 0.25) is 0 Å². The van der Waals surface area contributed by atoms with E-state index in [0.717, 1.165) is 12.0 Å². The third kappa shape index (κ3) is 6.95. The summed E-state index contributed by atoms with van der Waals surface area (Å²) < 4.78 is 9.88. The SMILES string of the molecule is COC(=O)C(CCC(=O)O)NC(=O)C1=CC(NC(=O)c2ccc(SC)cc2OC)C(O)C(O)C1. The van der Waals surface area contributed by atoms with E-state index in [2.05, 4.69) is 15.4 Å². The van der Waals surface area contributed by atoms with Crippen LogP contribution in [0.3, 0.4) is 0 Å². The van der Waals surface area contributed by atoms with Crippen molar-refractivity contribution in [3.8, 4) is 5.75 Å². The van der Waals surface area contributed by atoms with E-state index in [1.807, 2.05) is 6.26 Å². The molecule has 11 nitrogen and oxygen atoms in total. The van der Waals surface area contributed by atoms with Gasteiger partial charge in [0.25, 0.3) is 5.91 Å². The van der Waals surface area contributed by atoms with Crippen molar-refractivity contribution in [2.24, 2.45) is 0 Å². The molecule has 0 bridgehead atoms. The van der Waals surface area contributed by atoms with E-state index in [1.54, 1.807) is 18.2 Å². The number of carboxylic acids is 1. The van der Waals surface area contributed by atoms with Gasteiger partial charge in [0.05, 0.1) is 31.9 Å². The van der Waals surface area contributed by atoms with E-state index in [-0.39, 0.29) is 30.4 Å². The first kappa shape index (κ1) is 27.2. The molecular formula is C22H28N2O9S. The van der Waals surface area contributed by atoms with Crippen LogP contribution in [-0.4, -0.2) is 83.8 Å². The number of esters is 1. The first-order valence-corrected chi connectivity index (χ1v) is 11.5. The summed E-state index contributed by atoms with van der Waals surface area (Å²) in [6.07, 6.45) is -0.406. The number of aliphatic hydroxyl groups excluding tert-OH is 2. The molecular weight excluding hydrogens is 468 g/mol. The van der Waals surface area contributed by atoms with Crippen LogP contribution in [0, 0.1) is 0 Å². The highest BCUT2D eigenvalue weighted by molar-refractivity contribution is 7.98. The lowest BCUT2D eigenvalue weighted by Gasteiger charge is -2.31. The van der Waals surface area contributed by atoms with Crippen molar-refractivity contribution in [1.29, 1.82) is 0 Å². The quantitative estimate of drug-likeness (QED) is 0.221. The Hall–Kier alpha value is -3.09. The molecule has 1 aliphatic rings. The van der Waals surface area contributed by atoms with Crippen LogP contribution >= 0.6 is 11.8 Å². The van der Waals surface area contributed by atoms with Crippen LogP contribution in [-0.2, 0) is 19.1 Å². The molecule has 0 saturated carbocycles. The van der Waals surface area contributed by atoms with Gasteiger partial charge in [-0.05, 0) is 30.9 Å². The second-order valence-electron chi connectivity index (χ2n) is 7.50. The van der Waals surface area contributed by atoms with Gasteiger partial charge in [0, 0.05) is 23.3 Å². The highest BCUT2D eigenvalue weighted by Gasteiger charge is 2.35. The molecule has 34 heavy (non-hydrogen) atoms. The van der Waals surface area contributed by atoms with Crippen LogP contribution in [0.25, 0.3) is 0 Å². The summed E-state index contributed by atoms with van der Waals surface area (Å²) in [5.74, 6) is -3.00. The molecule has 0 saturated heterocycles. The predicted octanol–water partition coefficient (Wildman–Crippen LogP) is 0.0900. The number of ether oxygens (including phenoxy) is 2. The molecule has 0 spiro atoms. The fraction of sp³-hybridized carbons (Fsp3) is 0.455. The minimum Gasteiger partial charge on any atom is -0.496 e. The van der Waals surface area contributed by atoms with Gasteiger partial charge >= 0.3 is 11.9 Å². The number of carbonyl (C=O) groups is 4. The summed E-state index contributed by atoms with van der Waals surface area (Å²) in [5, 5.41) is 34.5. The lowest BCUT2D eigenvalue weighted by Crippen LogP contribution is -2.51. The van der Waals surface area contributed by atoms with Crippen LogP contribution in [0.15, 0.2) is 34.7 Å². The smallest absolute Gasteiger partial charge is 0.328 e. The monoisotopic (exact) mass is 496 g/mol. The first-order valence-electron chi connectivity index (χ1n) is 10.3. The molecule has 186 valence electrons. The number of carbonyl (C=O) groups excluding carboxylic acids is 3. The van der Waals surface area contributed by atoms with Gasteiger partial charge in [-0.1, -0.05) is 6.08 Å². The average molecular weight is 497 g/mol. The van der Waals surface area contributed by atoms with E-state index in [0.29, 0.717) is 5.75 Å². The highest BCUT2D eigenvalue weighted by atomic mass is 32.2. The number of methoxy groups -OCH3 is 2. The zero-order chi connectivity index (χ0) is 25.4. The molecule has 0 heterocycles. The highest BCUT2D eigenvalue weighted by Crippen LogP contribution is 2.26. The molecule has 4 atom stereocenters. The number of amides is 2. The molecule has 2 amide bonds. The van der Waals surface area contributed by atoms with Crippen LogP contribution in [0.1, 0.15) is 29.6 Å². The molecule has 4 unspecified atom stereocenters. The molecule has 1 aliphatic carbocycles. The van der Waals surface area contributed by atoms with Crippen LogP contribution in [0.4, 0.5) is 0 Å². The van der Waals surface area contributed by atoms with Gasteiger partial charge in [0.1, 0.15) is 17.9 Å². The third-order valence-corrected chi connectivity index (χ3v) is 5.98. The van der Waals surface area contributed by atoms with E-state index < -0.39 is 48.0 Å². The number of nitrogens with one attached hydrogen (secondary N) is 2. The molecule has 0 fully saturated rings. The van der Waals surface area contributed by atoms with Gasteiger partial charge in [-0.2, -0.15) is 0 Å². The van der Waals surface area contributed by atoms with Crippen molar-refractivity contribution in [2.75, 3.05) is 20.5 Å². The summed E-state index contributed by atoms with van der Waals surface area (Å²) >= 11 is 1.47. The Labute approximate surface area is 200 Å². The Morgan fingerprint density at radius 2 is 1.88 bits per heavy atom. The second-order valence-corrected chi connectivity index (χ2v) is 8.38. The number of aliphatic carboxylic acids is 1. The summed E-state index contributed by atoms with van der Waals surface area (Å²) in [7, 11) is 2.52. The number of benzene rings is 1. The number of thioether (sulfide) groups is 1. The van der Waals surface area contributed by atoms with Crippen LogP contribution < -0.4 is 15.4 Å². The minimum absolute atomic E-state index is 0.0111.